The zero-order chi connectivity index (χ0) is 10.4. The third-order valence-electron chi connectivity index (χ3n) is 1.38. The molecule has 0 spiro atoms. The van der Waals surface area contributed by atoms with Crippen LogP contribution < -0.4 is 0 Å². The summed E-state index contributed by atoms with van der Waals surface area (Å²) in [5, 5.41) is 0. The molecule has 0 saturated heterocycles. The number of rotatable bonds is 3. The Hall–Kier alpha value is -0.830. The van der Waals surface area contributed by atoms with Gasteiger partial charge in [-0.25, -0.2) is 0 Å². The summed E-state index contributed by atoms with van der Waals surface area (Å²) in [4.78, 5) is 2.50. The standard InChI is InChI=1S/C9H7BrO3S/c10-7-4-8-13-14(11,12)9-5-2-1-3-6-9/h1-3,5-6H,8H2. The first-order valence-electron chi connectivity index (χ1n) is 3.70. The molecule has 0 aliphatic heterocycles. The summed E-state index contributed by atoms with van der Waals surface area (Å²) in [5.41, 5.74) is 0. The maximum atomic E-state index is 11.4. The van der Waals surface area contributed by atoms with Gasteiger partial charge in [0.25, 0.3) is 10.1 Å². The third kappa shape index (κ3) is 3.14. The Morgan fingerprint density at radius 1 is 1.29 bits per heavy atom. The Morgan fingerprint density at radius 3 is 2.50 bits per heavy atom. The summed E-state index contributed by atoms with van der Waals surface area (Å²) in [7, 11) is -3.66. The normalized spacial score (nSPS) is 10.4. The van der Waals surface area contributed by atoms with E-state index >= 15 is 0 Å². The minimum Gasteiger partial charge on any atom is -0.253 e. The molecule has 14 heavy (non-hydrogen) atoms. The quantitative estimate of drug-likeness (QED) is 0.623. The van der Waals surface area contributed by atoms with Crippen molar-refractivity contribution in [3.05, 3.63) is 30.3 Å². The van der Waals surface area contributed by atoms with Crippen LogP contribution in [0.5, 0.6) is 0 Å². The Kier molecular flexibility index (Phi) is 4.14. The van der Waals surface area contributed by atoms with Crippen molar-refractivity contribution in [3.63, 3.8) is 0 Å². The summed E-state index contributed by atoms with van der Waals surface area (Å²) < 4.78 is 27.4. The van der Waals surface area contributed by atoms with Crippen LogP contribution in [0.1, 0.15) is 0 Å². The van der Waals surface area contributed by atoms with E-state index in [4.69, 9.17) is 0 Å². The molecule has 0 atom stereocenters. The van der Waals surface area contributed by atoms with E-state index in [1.54, 1.807) is 18.2 Å². The first kappa shape index (κ1) is 11.2. The Bertz CT molecular complexity index is 442. The summed E-state index contributed by atoms with van der Waals surface area (Å²) >= 11 is 2.84. The molecule has 1 aromatic carbocycles. The summed E-state index contributed by atoms with van der Waals surface area (Å²) in [5.74, 6) is 2.44. The van der Waals surface area contributed by atoms with E-state index in [0.29, 0.717) is 0 Å². The fraction of sp³-hybridized carbons (Fsp3) is 0.111. The zero-order valence-corrected chi connectivity index (χ0v) is 9.51. The van der Waals surface area contributed by atoms with Gasteiger partial charge >= 0.3 is 0 Å². The molecule has 0 fully saturated rings. The molecule has 0 heterocycles. The van der Waals surface area contributed by atoms with Gasteiger partial charge in [0, 0.05) is 15.9 Å². The van der Waals surface area contributed by atoms with Gasteiger partial charge in [-0.05, 0) is 17.0 Å². The maximum Gasteiger partial charge on any atom is 0.297 e. The van der Waals surface area contributed by atoms with Gasteiger partial charge < -0.3 is 0 Å². The molecule has 3 nitrogen and oxygen atoms in total. The maximum absolute atomic E-state index is 11.4. The van der Waals surface area contributed by atoms with Crippen molar-refractivity contribution in [2.45, 2.75) is 4.90 Å². The predicted octanol–water partition coefficient (Wildman–Crippen LogP) is 1.75. The molecule has 0 unspecified atom stereocenters. The highest BCUT2D eigenvalue weighted by molar-refractivity contribution is 9.12. The van der Waals surface area contributed by atoms with Gasteiger partial charge in [-0.15, -0.1) is 0 Å². The highest BCUT2D eigenvalue weighted by Crippen LogP contribution is 2.10. The van der Waals surface area contributed by atoms with Crippen molar-refractivity contribution in [1.82, 2.24) is 0 Å². The second-order valence-electron chi connectivity index (χ2n) is 2.30. The topological polar surface area (TPSA) is 43.4 Å². The lowest BCUT2D eigenvalue weighted by Gasteiger charge is -2.01. The predicted molar refractivity (Wildman–Crippen MR) is 56.3 cm³/mol. The first-order valence-corrected chi connectivity index (χ1v) is 5.90. The molecule has 5 heteroatoms. The molecule has 1 aromatic rings. The van der Waals surface area contributed by atoms with Crippen molar-refractivity contribution in [1.29, 1.82) is 0 Å². The van der Waals surface area contributed by atoms with Gasteiger partial charge in [0.05, 0.1) is 4.90 Å². The summed E-state index contributed by atoms with van der Waals surface area (Å²) in [6.45, 7) is -0.150. The lowest BCUT2D eigenvalue weighted by Crippen LogP contribution is -2.06. The van der Waals surface area contributed by atoms with E-state index in [1.807, 2.05) is 0 Å². The molecule has 1 rings (SSSR count). The van der Waals surface area contributed by atoms with E-state index in [0.717, 1.165) is 0 Å². The highest BCUT2D eigenvalue weighted by atomic mass is 79.9. The number of halogens is 1. The van der Waals surface area contributed by atoms with E-state index < -0.39 is 10.1 Å². The molecule has 0 radical (unpaired) electrons. The molecule has 0 bridgehead atoms. The third-order valence-corrected chi connectivity index (χ3v) is 2.94. The largest absolute Gasteiger partial charge is 0.297 e. The Morgan fingerprint density at radius 2 is 1.93 bits per heavy atom. The number of benzene rings is 1. The van der Waals surface area contributed by atoms with Crippen LogP contribution in [0.3, 0.4) is 0 Å². The van der Waals surface area contributed by atoms with Gasteiger partial charge in [0.2, 0.25) is 0 Å². The van der Waals surface area contributed by atoms with Gasteiger partial charge in [-0.2, -0.15) is 8.42 Å². The number of hydrogen-bond acceptors (Lipinski definition) is 3. The fourth-order valence-corrected chi connectivity index (χ4v) is 1.74. The Labute approximate surface area is 91.3 Å². The van der Waals surface area contributed by atoms with Gasteiger partial charge in [-0.1, -0.05) is 24.1 Å². The summed E-state index contributed by atoms with van der Waals surface area (Å²) in [6, 6.07) is 7.93. The van der Waals surface area contributed by atoms with E-state index in [9.17, 15) is 8.42 Å². The van der Waals surface area contributed by atoms with E-state index in [2.05, 4.69) is 30.9 Å². The molecule has 0 N–H and O–H groups in total. The van der Waals surface area contributed by atoms with E-state index in [-0.39, 0.29) is 11.5 Å². The van der Waals surface area contributed by atoms with Gasteiger partial charge in [0.15, 0.2) is 0 Å². The second kappa shape index (κ2) is 5.15. The van der Waals surface area contributed by atoms with Crippen molar-refractivity contribution >= 4 is 26.0 Å². The number of hydrogen-bond donors (Lipinski definition) is 0. The van der Waals surface area contributed by atoms with Crippen LogP contribution in [0.15, 0.2) is 35.2 Å². The van der Waals surface area contributed by atoms with Gasteiger partial charge in [0.1, 0.15) is 6.61 Å². The molecule has 74 valence electrons. The molecular formula is C9H7BrO3S. The van der Waals surface area contributed by atoms with Crippen molar-refractivity contribution in [3.8, 4) is 10.8 Å². The van der Waals surface area contributed by atoms with Crippen LogP contribution in [-0.2, 0) is 14.3 Å². The van der Waals surface area contributed by atoms with Crippen molar-refractivity contribution in [2.24, 2.45) is 0 Å². The SMILES string of the molecule is O=S(=O)(OCC#CBr)c1ccccc1. The lowest BCUT2D eigenvalue weighted by atomic mass is 10.4. The average Bonchev–Trinajstić information content (AvgIpc) is 2.19. The van der Waals surface area contributed by atoms with Crippen LogP contribution in [0.25, 0.3) is 0 Å². The van der Waals surface area contributed by atoms with Crippen LogP contribution in [0, 0.1) is 10.8 Å². The molecule has 0 saturated carbocycles. The van der Waals surface area contributed by atoms with Gasteiger partial charge in [-0.3, -0.25) is 4.18 Å². The molecular weight excluding hydrogens is 268 g/mol. The second-order valence-corrected chi connectivity index (χ2v) is 4.31. The minimum atomic E-state index is -3.66. The zero-order valence-electron chi connectivity index (χ0n) is 7.10. The first-order chi connectivity index (χ1) is 6.67. The van der Waals surface area contributed by atoms with E-state index in [1.165, 1.54) is 12.1 Å². The van der Waals surface area contributed by atoms with Crippen molar-refractivity contribution < 1.29 is 12.6 Å². The summed E-state index contributed by atoms with van der Waals surface area (Å²) in [6.07, 6.45) is 0. The van der Waals surface area contributed by atoms with Crippen LogP contribution in [0.4, 0.5) is 0 Å². The smallest absolute Gasteiger partial charge is 0.253 e. The Balaban J connectivity index is 2.80. The average molecular weight is 275 g/mol. The molecule has 0 aliphatic carbocycles. The molecule has 0 aromatic heterocycles. The highest BCUT2D eigenvalue weighted by Gasteiger charge is 2.12. The van der Waals surface area contributed by atoms with Crippen LogP contribution >= 0.6 is 15.9 Å². The van der Waals surface area contributed by atoms with Crippen molar-refractivity contribution in [2.75, 3.05) is 6.61 Å². The lowest BCUT2D eigenvalue weighted by molar-refractivity contribution is 0.363. The molecule has 0 aliphatic rings. The fourth-order valence-electron chi connectivity index (χ4n) is 0.790. The van der Waals surface area contributed by atoms with Crippen LogP contribution in [0.2, 0.25) is 0 Å². The monoisotopic (exact) mass is 274 g/mol. The molecule has 0 amide bonds. The van der Waals surface area contributed by atoms with Crippen LogP contribution in [-0.4, -0.2) is 15.0 Å². The minimum absolute atomic E-state index is 0.136.